The maximum atomic E-state index is 12.1. The van der Waals surface area contributed by atoms with Crippen LogP contribution in [0.25, 0.3) is 0 Å². The number of nitrogens with zero attached hydrogens (tertiary/aromatic N) is 2. The lowest BCUT2D eigenvalue weighted by Crippen LogP contribution is -2.14. The fraction of sp³-hybridized carbons (Fsp3) is 0.105. The molecule has 5 N–H and O–H groups in total. The second-order valence-electron chi connectivity index (χ2n) is 5.64. The van der Waals surface area contributed by atoms with E-state index in [1.165, 1.54) is 17.8 Å². The van der Waals surface area contributed by atoms with Crippen molar-refractivity contribution in [1.29, 1.82) is 0 Å². The number of thioether (sulfide) groups is 1. The topological polar surface area (TPSA) is 116 Å². The Hall–Kier alpha value is -3.26. The number of amides is 1. The molecule has 138 valence electrons. The molecule has 0 aliphatic rings. The van der Waals surface area contributed by atoms with Crippen LogP contribution >= 0.6 is 11.8 Å². The largest absolute Gasteiger partial charge is 0.489 e. The van der Waals surface area contributed by atoms with E-state index in [0.29, 0.717) is 17.5 Å². The van der Waals surface area contributed by atoms with Crippen LogP contribution < -0.4 is 21.5 Å². The van der Waals surface area contributed by atoms with Crippen LogP contribution in [-0.4, -0.2) is 21.6 Å². The Balaban J connectivity index is 1.48. The number of rotatable bonds is 7. The average Bonchev–Trinajstić information content (AvgIpc) is 2.66. The van der Waals surface area contributed by atoms with Crippen LogP contribution in [0.4, 0.5) is 17.3 Å². The minimum absolute atomic E-state index is 0.148. The van der Waals surface area contributed by atoms with Crippen molar-refractivity contribution < 1.29 is 9.53 Å². The minimum atomic E-state index is -0.178. The summed E-state index contributed by atoms with van der Waals surface area (Å²) in [4.78, 5) is 20.1. The van der Waals surface area contributed by atoms with Crippen molar-refractivity contribution in [2.24, 2.45) is 0 Å². The van der Waals surface area contributed by atoms with Crippen molar-refractivity contribution >= 4 is 35.0 Å². The Bertz CT molecular complexity index is 883. The number of carbonyl (C=O) groups is 1. The molecule has 0 radical (unpaired) electrons. The SMILES string of the molecule is Nc1cc(N)nc(SCC(=O)Nc2ccc(OCc3ccccc3)cc2)n1. The maximum Gasteiger partial charge on any atom is 0.234 e. The Morgan fingerprint density at radius 3 is 2.33 bits per heavy atom. The Kier molecular flexibility index (Phi) is 6.11. The fourth-order valence-electron chi connectivity index (χ4n) is 2.23. The highest BCUT2D eigenvalue weighted by molar-refractivity contribution is 7.99. The average molecular weight is 381 g/mol. The van der Waals surface area contributed by atoms with Crippen LogP contribution in [0.3, 0.4) is 0 Å². The van der Waals surface area contributed by atoms with Crippen molar-refractivity contribution in [3.05, 3.63) is 66.2 Å². The number of nitrogen functional groups attached to an aromatic ring is 2. The van der Waals surface area contributed by atoms with E-state index in [1.54, 1.807) is 12.1 Å². The van der Waals surface area contributed by atoms with Crippen molar-refractivity contribution in [3.8, 4) is 5.75 Å². The molecular weight excluding hydrogens is 362 g/mol. The van der Waals surface area contributed by atoms with Gasteiger partial charge in [-0.2, -0.15) is 0 Å². The summed E-state index contributed by atoms with van der Waals surface area (Å²) in [6, 6.07) is 18.6. The number of ether oxygens (including phenoxy) is 1. The fourth-order valence-corrected chi connectivity index (χ4v) is 2.90. The molecule has 0 bridgehead atoms. The van der Waals surface area contributed by atoms with Gasteiger partial charge in [0.25, 0.3) is 0 Å². The molecule has 1 heterocycles. The second-order valence-corrected chi connectivity index (χ2v) is 6.58. The van der Waals surface area contributed by atoms with Gasteiger partial charge in [-0.1, -0.05) is 42.1 Å². The Labute approximate surface area is 161 Å². The molecule has 8 heteroatoms. The van der Waals surface area contributed by atoms with E-state index in [2.05, 4.69) is 15.3 Å². The highest BCUT2D eigenvalue weighted by atomic mass is 32.2. The van der Waals surface area contributed by atoms with Gasteiger partial charge in [-0.05, 0) is 29.8 Å². The van der Waals surface area contributed by atoms with Gasteiger partial charge in [0.05, 0.1) is 5.75 Å². The van der Waals surface area contributed by atoms with Crippen LogP contribution in [0, 0.1) is 0 Å². The molecule has 0 spiro atoms. The van der Waals surface area contributed by atoms with Crippen molar-refractivity contribution in [3.63, 3.8) is 0 Å². The van der Waals surface area contributed by atoms with E-state index >= 15 is 0 Å². The molecule has 1 amide bonds. The predicted octanol–water partition coefficient (Wildman–Crippen LogP) is 2.95. The molecule has 3 aromatic rings. The molecule has 0 unspecified atom stereocenters. The van der Waals surface area contributed by atoms with E-state index < -0.39 is 0 Å². The standard InChI is InChI=1S/C19H19N5O2S/c20-16-10-17(21)24-19(23-16)27-12-18(25)22-14-6-8-15(9-7-14)26-11-13-4-2-1-3-5-13/h1-10H,11-12H2,(H,22,25)(H4,20,21,23,24). The lowest BCUT2D eigenvalue weighted by atomic mass is 10.2. The van der Waals surface area contributed by atoms with Gasteiger partial charge in [0.2, 0.25) is 5.91 Å². The molecule has 7 nitrogen and oxygen atoms in total. The van der Waals surface area contributed by atoms with E-state index in [1.807, 2.05) is 42.5 Å². The summed E-state index contributed by atoms with van der Waals surface area (Å²) in [7, 11) is 0. The van der Waals surface area contributed by atoms with Crippen LogP contribution in [0.5, 0.6) is 5.75 Å². The number of hydrogen-bond acceptors (Lipinski definition) is 7. The van der Waals surface area contributed by atoms with E-state index in [9.17, 15) is 4.79 Å². The van der Waals surface area contributed by atoms with Gasteiger partial charge < -0.3 is 21.5 Å². The molecule has 2 aromatic carbocycles. The summed E-state index contributed by atoms with van der Waals surface area (Å²) >= 11 is 1.17. The van der Waals surface area contributed by atoms with E-state index in [4.69, 9.17) is 16.2 Å². The van der Waals surface area contributed by atoms with Gasteiger partial charge in [-0.25, -0.2) is 9.97 Å². The second kappa shape index (κ2) is 8.91. The van der Waals surface area contributed by atoms with Crippen LogP contribution in [0.1, 0.15) is 5.56 Å². The van der Waals surface area contributed by atoms with Gasteiger partial charge in [0.1, 0.15) is 24.0 Å². The lowest BCUT2D eigenvalue weighted by Gasteiger charge is -2.08. The van der Waals surface area contributed by atoms with E-state index in [-0.39, 0.29) is 23.3 Å². The van der Waals surface area contributed by atoms with E-state index in [0.717, 1.165) is 11.3 Å². The van der Waals surface area contributed by atoms with Gasteiger partial charge in [-0.15, -0.1) is 0 Å². The van der Waals surface area contributed by atoms with Crippen molar-refractivity contribution in [1.82, 2.24) is 9.97 Å². The highest BCUT2D eigenvalue weighted by Crippen LogP contribution is 2.19. The normalized spacial score (nSPS) is 10.4. The smallest absolute Gasteiger partial charge is 0.234 e. The highest BCUT2D eigenvalue weighted by Gasteiger charge is 2.07. The summed E-state index contributed by atoms with van der Waals surface area (Å²) < 4.78 is 5.72. The molecule has 1 aromatic heterocycles. The zero-order valence-electron chi connectivity index (χ0n) is 14.5. The first-order chi connectivity index (χ1) is 13.1. The third kappa shape index (κ3) is 5.89. The number of carbonyl (C=O) groups excluding carboxylic acids is 1. The number of aromatic nitrogens is 2. The predicted molar refractivity (Wildman–Crippen MR) is 107 cm³/mol. The van der Waals surface area contributed by atoms with Crippen LogP contribution in [0.2, 0.25) is 0 Å². The number of benzene rings is 2. The zero-order chi connectivity index (χ0) is 19.1. The molecule has 0 atom stereocenters. The molecule has 0 fully saturated rings. The zero-order valence-corrected chi connectivity index (χ0v) is 15.3. The number of hydrogen-bond donors (Lipinski definition) is 3. The third-order valence-electron chi connectivity index (χ3n) is 3.46. The number of anilines is 3. The summed E-state index contributed by atoms with van der Waals surface area (Å²) in [5, 5.41) is 3.18. The summed E-state index contributed by atoms with van der Waals surface area (Å²) in [5.74, 6) is 1.25. The maximum absolute atomic E-state index is 12.1. The number of nitrogens with one attached hydrogen (secondary N) is 1. The monoisotopic (exact) mass is 381 g/mol. The third-order valence-corrected chi connectivity index (χ3v) is 4.31. The first kappa shape index (κ1) is 18.5. The summed E-state index contributed by atoms with van der Waals surface area (Å²) in [5.41, 5.74) is 13.0. The first-order valence-electron chi connectivity index (χ1n) is 8.18. The lowest BCUT2D eigenvalue weighted by molar-refractivity contribution is -0.113. The molecule has 0 saturated carbocycles. The van der Waals surface area contributed by atoms with Gasteiger partial charge in [0, 0.05) is 11.8 Å². The van der Waals surface area contributed by atoms with Gasteiger partial charge in [0.15, 0.2) is 5.16 Å². The number of nitrogens with two attached hydrogens (primary N) is 2. The van der Waals surface area contributed by atoms with Gasteiger partial charge in [-0.3, -0.25) is 4.79 Å². The summed E-state index contributed by atoms with van der Waals surface area (Å²) in [6.07, 6.45) is 0. The van der Waals surface area contributed by atoms with Crippen molar-refractivity contribution in [2.75, 3.05) is 22.5 Å². The Morgan fingerprint density at radius 2 is 1.67 bits per heavy atom. The van der Waals surface area contributed by atoms with Gasteiger partial charge >= 0.3 is 0 Å². The minimum Gasteiger partial charge on any atom is -0.489 e. The van der Waals surface area contributed by atoms with Crippen LogP contribution in [-0.2, 0) is 11.4 Å². The Morgan fingerprint density at radius 1 is 1.00 bits per heavy atom. The quantitative estimate of drug-likeness (QED) is 0.425. The van der Waals surface area contributed by atoms with Crippen LogP contribution in [0.15, 0.2) is 65.8 Å². The molecule has 0 aliphatic heterocycles. The first-order valence-corrected chi connectivity index (χ1v) is 9.16. The molecule has 0 aliphatic carbocycles. The molecule has 3 rings (SSSR count). The summed E-state index contributed by atoms with van der Waals surface area (Å²) in [6.45, 7) is 0.493. The molecular formula is C19H19N5O2S. The molecule has 27 heavy (non-hydrogen) atoms. The molecule has 0 saturated heterocycles. The van der Waals surface area contributed by atoms with Crippen molar-refractivity contribution in [2.45, 2.75) is 11.8 Å².